The van der Waals surface area contributed by atoms with E-state index in [2.05, 4.69) is 4.15 Å². The maximum Gasteiger partial charge on any atom is 0.518 e. The van der Waals surface area contributed by atoms with Crippen LogP contribution in [0.3, 0.4) is 0 Å². The van der Waals surface area contributed by atoms with Gasteiger partial charge in [-0.1, -0.05) is 271 Å². The number of benzene rings is 16. The first-order valence-electron chi connectivity index (χ1n) is 32.4. The first kappa shape index (κ1) is 63.8. The highest BCUT2D eigenvalue weighted by Crippen LogP contribution is 2.73. The second-order valence-electron chi connectivity index (χ2n) is 25.0. The van der Waals surface area contributed by atoms with Crippen LogP contribution in [0.4, 0.5) is 26.3 Å². The number of hydrogen-bond donors (Lipinski definition) is 1. The van der Waals surface area contributed by atoms with E-state index in [9.17, 15) is 0 Å². The average molecular weight is 1440 g/mol. The summed E-state index contributed by atoms with van der Waals surface area (Å²) in [6, 6.07) is 85.1. The maximum atomic E-state index is 16.4. The zero-order valence-corrected chi connectivity index (χ0v) is 56.8. The first-order chi connectivity index (χ1) is 49.7. The van der Waals surface area contributed by atoms with Crippen LogP contribution < -0.4 is 22.6 Å². The Morgan fingerprint density at radius 2 is 0.524 bits per heavy atom. The lowest BCUT2D eigenvalue weighted by molar-refractivity contribution is -0.0445. The van der Waals surface area contributed by atoms with Gasteiger partial charge in [0.25, 0.3) is 0 Å². The van der Waals surface area contributed by atoms with Crippen LogP contribution in [0.15, 0.2) is 300 Å². The lowest BCUT2D eigenvalue weighted by Crippen LogP contribution is -2.37. The van der Waals surface area contributed by atoms with Crippen LogP contribution in [0.25, 0.3) is 153 Å². The van der Waals surface area contributed by atoms with Crippen LogP contribution >= 0.6 is 15.3 Å². The zero-order chi connectivity index (χ0) is 70.4. The van der Waals surface area contributed by atoms with Crippen LogP contribution in [-0.4, -0.2) is 27.9 Å². The molecule has 16 aromatic rings. The van der Waals surface area contributed by atoms with Gasteiger partial charge in [-0.25, -0.2) is 8.42 Å². The van der Waals surface area contributed by atoms with Gasteiger partial charge >= 0.3 is 46.4 Å². The number of hydrogen-bond acceptors (Lipinski definition) is 8. The van der Waals surface area contributed by atoms with Crippen molar-refractivity contribution in [2.75, 3.05) is 0 Å². The minimum absolute atomic E-state index is 0.0943. The Bertz CT molecular complexity index is 6380. The summed E-state index contributed by atoms with van der Waals surface area (Å²) < 4.78 is 199. The molecule has 0 saturated carbocycles. The predicted molar refractivity (Wildman–Crippen MR) is 400 cm³/mol. The minimum Gasteiger partial charge on any atom is -0.417 e. The van der Waals surface area contributed by atoms with Crippen molar-refractivity contribution in [3.05, 3.63) is 291 Å². The highest BCUT2D eigenvalue weighted by Gasteiger charge is 2.56. The summed E-state index contributed by atoms with van der Waals surface area (Å²) in [5, 5.41) is 8.65. The molecular weight excluding hydrogens is 1390 g/mol. The van der Waals surface area contributed by atoms with E-state index >= 15 is 43.2 Å². The number of sulfonamides is 2. The molecule has 0 saturated heterocycles. The van der Waals surface area contributed by atoms with Gasteiger partial charge in [0.15, 0.2) is 0 Å². The molecule has 0 amide bonds. The van der Waals surface area contributed by atoms with Crippen molar-refractivity contribution in [1.82, 2.24) is 4.49 Å². The molecule has 2 aliphatic rings. The fourth-order valence-electron chi connectivity index (χ4n) is 14.6. The lowest BCUT2D eigenvalue weighted by Gasteiger charge is -2.29. The van der Waals surface area contributed by atoms with Gasteiger partial charge in [-0.2, -0.15) is 34.8 Å². The van der Waals surface area contributed by atoms with E-state index < -0.39 is 69.4 Å². The molecule has 0 aromatic heterocycles. The van der Waals surface area contributed by atoms with Crippen LogP contribution in [0, 0.1) is 0 Å². The summed E-state index contributed by atoms with van der Waals surface area (Å²) >= 11 is 0. The predicted octanol–water partition coefficient (Wildman–Crippen LogP) is 24.3. The second-order valence-corrected chi connectivity index (χ2v) is 32.7. The SMILES string of the molecule is O=S(=O)(N=P1(N=P2(NS(=O)(=O)C(F)(F)F)Oc3c(-c4cccc5ccccc45)cc4ccccc4c3-c3c(c(-c4cccc5ccccc45)cc4ccccc34)O2)Oc2c(-c3cccc4ccccc34)cc3ccccc3c2-c2c(c(-c3cccc4ccccc34)cc3ccccc23)O1)C(F)(F)F. The van der Waals surface area contributed by atoms with Crippen molar-refractivity contribution in [3.8, 4) is 89.8 Å². The summed E-state index contributed by atoms with van der Waals surface area (Å²) in [5.41, 5.74) is -10.3. The van der Waals surface area contributed by atoms with Gasteiger partial charge in [0.2, 0.25) is 0 Å². The molecule has 16 aromatic carbocycles. The monoisotopic (exact) mass is 1440 g/mol. The molecule has 103 heavy (non-hydrogen) atoms. The molecule has 2 heterocycles. The van der Waals surface area contributed by atoms with Crippen molar-refractivity contribution < 1.29 is 61.3 Å². The number of fused-ring (bicyclic) bond motifs is 18. The Morgan fingerprint density at radius 3 is 0.796 bits per heavy atom. The van der Waals surface area contributed by atoms with E-state index in [4.69, 9.17) is 22.6 Å². The molecule has 0 aliphatic carbocycles. The first-order valence-corrected chi connectivity index (χ1v) is 38.4. The Labute approximate surface area is 584 Å². The molecule has 0 bridgehead atoms. The number of halogens is 6. The summed E-state index contributed by atoms with van der Waals surface area (Å²) in [6.45, 7) is 0. The van der Waals surface area contributed by atoms with Crippen molar-refractivity contribution in [1.29, 1.82) is 0 Å². The van der Waals surface area contributed by atoms with Crippen LogP contribution in [0.5, 0.6) is 23.0 Å². The molecule has 0 unspecified atom stereocenters. The lowest BCUT2D eigenvalue weighted by atomic mass is 9.85. The fraction of sp³-hybridized carbons (Fsp3) is 0.0244. The van der Waals surface area contributed by atoms with E-state index in [1.807, 2.05) is 84.9 Å². The highest BCUT2D eigenvalue weighted by molar-refractivity contribution is 7.97. The van der Waals surface area contributed by atoms with Crippen molar-refractivity contribution >= 4 is 122 Å². The fourth-order valence-corrected chi connectivity index (χ4v) is 22.7. The third kappa shape index (κ3) is 10.5. The number of alkyl halides is 6. The van der Waals surface area contributed by atoms with Crippen molar-refractivity contribution in [3.63, 3.8) is 0 Å². The van der Waals surface area contributed by atoms with E-state index in [-0.39, 0.29) is 44.5 Å². The molecule has 0 fully saturated rings. The number of nitrogens with zero attached hydrogens (tertiary/aromatic N) is 2. The second kappa shape index (κ2) is 23.6. The third-order valence-electron chi connectivity index (χ3n) is 19.0. The smallest absolute Gasteiger partial charge is 0.417 e. The zero-order valence-electron chi connectivity index (χ0n) is 53.4. The van der Waals surface area contributed by atoms with E-state index in [0.717, 1.165) is 0 Å². The quantitative estimate of drug-likeness (QED) is 0.117. The summed E-state index contributed by atoms with van der Waals surface area (Å²) in [4.78, 5) is 0. The van der Waals surface area contributed by atoms with E-state index in [1.54, 1.807) is 211 Å². The molecule has 11 nitrogen and oxygen atoms in total. The van der Waals surface area contributed by atoms with Crippen LogP contribution in [-0.2, 0) is 20.0 Å². The van der Waals surface area contributed by atoms with Crippen molar-refractivity contribution in [2.45, 2.75) is 11.0 Å². The van der Waals surface area contributed by atoms with Gasteiger partial charge < -0.3 is 18.1 Å². The van der Waals surface area contributed by atoms with Gasteiger partial charge in [-0.05, 0) is 133 Å². The molecule has 0 radical (unpaired) electrons. The molecule has 0 spiro atoms. The number of nitrogens with one attached hydrogen (secondary N) is 1. The summed E-state index contributed by atoms with van der Waals surface area (Å²) in [7, 11) is -27.1. The Balaban J connectivity index is 1.10. The van der Waals surface area contributed by atoms with E-state index in [1.165, 1.54) is 0 Å². The van der Waals surface area contributed by atoms with E-state index in [0.29, 0.717) is 108 Å². The normalized spacial score (nSPS) is 14.2. The Kier molecular flexibility index (Phi) is 14.7. The molecule has 504 valence electrons. The molecule has 0 atom stereocenters. The average Bonchev–Trinajstić information content (AvgIpc) is 1.68. The Hall–Kier alpha value is -11.3. The topological polar surface area (TPSA) is 142 Å². The van der Waals surface area contributed by atoms with Crippen LogP contribution in [0.2, 0.25) is 0 Å². The Morgan fingerprint density at radius 1 is 0.282 bits per heavy atom. The molecule has 18 rings (SSSR count). The summed E-state index contributed by atoms with van der Waals surface area (Å²) in [5.74, 6) is -1.62. The maximum absolute atomic E-state index is 16.4. The number of rotatable bonds is 8. The van der Waals surface area contributed by atoms with Gasteiger partial charge in [-0.3, -0.25) is 0 Å². The third-order valence-corrected chi connectivity index (χ3v) is 27.3. The molecule has 2 aliphatic heterocycles. The largest absolute Gasteiger partial charge is 0.518 e. The van der Waals surface area contributed by atoms with Gasteiger partial charge in [0, 0.05) is 44.5 Å². The van der Waals surface area contributed by atoms with Gasteiger partial charge in [0.1, 0.15) is 23.0 Å². The van der Waals surface area contributed by atoms with Gasteiger partial charge in [0.05, 0.1) is 0 Å². The standard InChI is InChI=1S/C82H49F6N3O8P2S2/c83-81(84,85)102(92,93)90-100(96-77-69(65-41-17-29-49-21-1-9-33-57(49)65)45-53-25-5-13-37-61(53)73(77)74-62-38-14-6-26-54(62)46-70(78(74)97-100)66-42-18-30-50-22-2-10-34-58(50)66)89-101(91-103(94,95)82(86,87)88)98-79-71(67-43-19-31-51-23-3-11-35-59(51)67)47-55-27-7-15-39-63(55)75(79)76-64-40-16-8-28-56(64)48-72(80(76)99-101)68-44-20-32-52-24-4-12-36-60(52)68/h1-48,90H. The molecule has 1 N–H and O–H groups in total. The molecular formula is C82H49F6N3O8P2S2. The highest BCUT2D eigenvalue weighted by atomic mass is 32.2. The van der Waals surface area contributed by atoms with Gasteiger partial charge in [-0.15, -0.1) is 9.01 Å². The minimum atomic E-state index is -7.14. The van der Waals surface area contributed by atoms with Crippen molar-refractivity contribution in [2.24, 2.45) is 8.67 Å². The molecule has 21 heteroatoms. The van der Waals surface area contributed by atoms with Crippen LogP contribution in [0.1, 0.15) is 0 Å². The summed E-state index contributed by atoms with van der Waals surface area (Å²) in [6.07, 6.45) is 0.